The van der Waals surface area contributed by atoms with Crippen molar-refractivity contribution in [3.63, 3.8) is 0 Å². The van der Waals surface area contributed by atoms with Crippen molar-refractivity contribution in [1.82, 2.24) is 14.8 Å². The van der Waals surface area contributed by atoms with E-state index in [9.17, 15) is 4.79 Å². The third-order valence-corrected chi connectivity index (χ3v) is 3.74. The molecule has 0 saturated carbocycles. The highest BCUT2D eigenvalue weighted by Crippen LogP contribution is 2.19. The maximum Gasteiger partial charge on any atom is 0.341 e. The number of aromatic nitrogens is 3. The van der Waals surface area contributed by atoms with Gasteiger partial charge in [-0.25, -0.2) is 4.79 Å². The first-order valence-electron chi connectivity index (χ1n) is 7.52. The number of carbonyl (C=O) groups is 1. The molecule has 0 amide bonds. The van der Waals surface area contributed by atoms with Crippen LogP contribution in [0.4, 0.5) is 0 Å². The first kappa shape index (κ1) is 16.2. The molecule has 0 aliphatic rings. The molecule has 0 radical (unpaired) electrons. The fourth-order valence-electron chi connectivity index (χ4n) is 2.47. The van der Waals surface area contributed by atoms with E-state index in [4.69, 9.17) is 16.3 Å². The van der Waals surface area contributed by atoms with Crippen molar-refractivity contribution in [2.24, 2.45) is 0 Å². The summed E-state index contributed by atoms with van der Waals surface area (Å²) in [5, 5.41) is 5.94. The summed E-state index contributed by atoms with van der Waals surface area (Å²) in [5.74, 6) is -0.395. The maximum atomic E-state index is 12.0. The summed E-state index contributed by atoms with van der Waals surface area (Å²) in [5.41, 5.74) is 2.83. The molecule has 24 heavy (non-hydrogen) atoms. The van der Waals surface area contributed by atoms with Gasteiger partial charge in [0.1, 0.15) is 5.56 Å². The molecular formula is C18H16ClN3O2. The Balaban J connectivity index is 1.90. The van der Waals surface area contributed by atoms with Crippen LogP contribution in [0.1, 0.15) is 28.5 Å². The molecule has 2 aromatic heterocycles. The van der Waals surface area contributed by atoms with Crippen molar-refractivity contribution in [3.05, 3.63) is 65.1 Å². The van der Waals surface area contributed by atoms with Gasteiger partial charge in [0, 0.05) is 17.8 Å². The lowest BCUT2D eigenvalue weighted by Crippen LogP contribution is -2.05. The topological polar surface area (TPSA) is 57.0 Å². The lowest BCUT2D eigenvalue weighted by atomic mass is 10.1. The molecule has 3 rings (SSSR count). The van der Waals surface area contributed by atoms with Crippen LogP contribution < -0.4 is 0 Å². The van der Waals surface area contributed by atoms with Gasteiger partial charge in [-0.3, -0.25) is 9.67 Å². The van der Waals surface area contributed by atoms with Gasteiger partial charge in [0.2, 0.25) is 0 Å². The van der Waals surface area contributed by atoms with E-state index in [1.165, 1.54) is 0 Å². The molecule has 0 N–H and O–H groups in total. The Morgan fingerprint density at radius 2 is 2.25 bits per heavy atom. The fourth-order valence-corrected chi connectivity index (χ4v) is 2.64. The number of hydrogen-bond donors (Lipinski definition) is 0. The normalized spacial score (nSPS) is 10.8. The van der Waals surface area contributed by atoms with Crippen LogP contribution in [0.15, 0.2) is 43.2 Å². The van der Waals surface area contributed by atoms with Crippen molar-refractivity contribution in [1.29, 1.82) is 0 Å². The van der Waals surface area contributed by atoms with Crippen LogP contribution in [0.2, 0.25) is 5.02 Å². The smallest absolute Gasteiger partial charge is 0.341 e. The van der Waals surface area contributed by atoms with Crippen LogP contribution in [0.25, 0.3) is 17.0 Å². The third-order valence-electron chi connectivity index (χ3n) is 3.54. The summed E-state index contributed by atoms with van der Waals surface area (Å²) in [7, 11) is 0. The Morgan fingerprint density at radius 3 is 3.00 bits per heavy atom. The lowest BCUT2D eigenvalue weighted by molar-refractivity contribution is 0.0526. The van der Waals surface area contributed by atoms with Crippen LogP contribution in [0, 0.1) is 0 Å². The van der Waals surface area contributed by atoms with Crippen molar-refractivity contribution in [3.8, 4) is 0 Å². The Kier molecular flexibility index (Phi) is 4.62. The zero-order valence-electron chi connectivity index (χ0n) is 13.2. The Bertz CT molecular complexity index is 918. The molecule has 0 unspecified atom stereocenters. The second kappa shape index (κ2) is 6.84. The van der Waals surface area contributed by atoms with Gasteiger partial charge in [-0.15, -0.1) is 0 Å². The minimum atomic E-state index is -0.395. The molecule has 0 bridgehead atoms. The van der Waals surface area contributed by atoms with Crippen LogP contribution in [0.5, 0.6) is 0 Å². The molecule has 0 aliphatic heterocycles. The van der Waals surface area contributed by atoms with Crippen LogP contribution in [0.3, 0.4) is 0 Å². The molecule has 1 aromatic carbocycles. The molecule has 0 saturated heterocycles. The average molecular weight is 342 g/mol. The third kappa shape index (κ3) is 3.31. The van der Waals surface area contributed by atoms with E-state index in [0.717, 1.165) is 16.5 Å². The van der Waals surface area contributed by atoms with Crippen molar-refractivity contribution >= 4 is 34.5 Å². The Hall–Kier alpha value is -2.66. The van der Waals surface area contributed by atoms with Gasteiger partial charge in [0.15, 0.2) is 0 Å². The second-order valence-electron chi connectivity index (χ2n) is 5.23. The molecular weight excluding hydrogens is 326 g/mol. The van der Waals surface area contributed by atoms with E-state index in [2.05, 4.69) is 16.7 Å². The number of pyridine rings is 1. The van der Waals surface area contributed by atoms with Crippen LogP contribution >= 0.6 is 11.6 Å². The second-order valence-corrected chi connectivity index (χ2v) is 5.67. The molecule has 0 fully saturated rings. The fraction of sp³-hybridized carbons (Fsp3) is 0.167. The van der Waals surface area contributed by atoms with Crippen molar-refractivity contribution in [2.45, 2.75) is 13.5 Å². The quantitative estimate of drug-likeness (QED) is 0.659. The largest absolute Gasteiger partial charge is 0.462 e. The average Bonchev–Trinajstić information content (AvgIpc) is 2.97. The zero-order valence-corrected chi connectivity index (χ0v) is 14.0. The van der Waals surface area contributed by atoms with Crippen molar-refractivity contribution < 1.29 is 9.53 Å². The minimum absolute atomic E-state index is 0.318. The van der Waals surface area contributed by atoms with E-state index in [1.807, 2.05) is 24.3 Å². The highest BCUT2D eigenvalue weighted by atomic mass is 35.5. The molecule has 3 aromatic rings. The van der Waals surface area contributed by atoms with Gasteiger partial charge in [0.25, 0.3) is 0 Å². The number of benzene rings is 1. The van der Waals surface area contributed by atoms with E-state index in [-0.39, 0.29) is 0 Å². The maximum absolute atomic E-state index is 12.0. The van der Waals surface area contributed by atoms with Crippen LogP contribution in [-0.2, 0) is 11.3 Å². The lowest BCUT2D eigenvalue weighted by Gasteiger charge is -2.04. The van der Waals surface area contributed by atoms with E-state index >= 15 is 0 Å². The number of rotatable bonds is 5. The molecule has 0 spiro atoms. The highest BCUT2D eigenvalue weighted by Gasteiger charge is 2.15. The number of nitrogens with zero attached hydrogens (tertiary/aromatic N) is 3. The molecule has 0 aliphatic carbocycles. The summed E-state index contributed by atoms with van der Waals surface area (Å²) in [6.45, 7) is 6.30. The minimum Gasteiger partial charge on any atom is -0.462 e. The Labute approximate surface area is 144 Å². The van der Waals surface area contributed by atoms with Gasteiger partial charge < -0.3 is 4.74 Å². The van der Waals surface area contributed by atoms with Gasteiger partial charge >= 0.3 is 5.97 Å². The SMILES string of the molecule is C=Cc1nn(Cc2ccc3ncc(Cl)cc3c2)cc1C(=O)OCC. The molecule has 0 atom stereocenters. The first-order chi connectivity index (χ1) is 11.6. The summed E-state index contributed by atoms with van der Waals surface area (Å²) >= 11 is 6.00. The van der Waals surface area contributed by atoms with Gasteiger partial charge in [-0.05, 0) is 36.8 Å². The summed E-state index contributed by atoms with van der Waals surface area (Å²) in [6, 6.07) is 7.79. The number of fused-ring (bicyclic) bond motifs is 1. The summed E-state index contributed by atoms with van der Waals surface area (Å²) in [6.07, 6.45) is 4.85. The van der Waals surface area contributed by atoms with E-state index in [1.54, 1.807) is 30.1 Å². The number of ether oxygens (including phenoxy) is 1. The van der Waals surface area contributed by atoms with E-state index < -0.39 is 5.97 Å². The highest BCUT2D eigenvalue weighted by molar-refractivity contribution is 6.31. The first-order valence-corrected chi connectivity index (χ1v) is 7.89. The van der Waals surface area contributed by atoms with Crippen molar-refractivity contribution in [2.75, 3.05) is 6.61 Å². The summed E-state index contributed by atoms with van der Waals surface area (Å²) < 4.78 is 6.74. The van der Waals surface area contributed by atoms with Gasteiger partial charge in [-0.2, -0.15) is 5.10 Å². The predicted molar refractivity (Wildman–Crippen MR) is 94.1 cm³/mol. The predicted octanol–water partition coefficient (Wildman–Crippen LogP) is 3.95. The molecule has 5 nitrogen and oxygen atoms in total. The van der Waals surface area contributed by atoms with Gasteiger partial charge in [0.05, 0.1) is 29.4 Å². The summed E-state index contributed by atoms with van der Waals surface area (Å²) in [4.78, 5) is 16.2. The Morgan fingerprint density at radius 1 is 1.42 bits per heavy atom. The molecule has 2 heterocycles. The zero-order chi connectivity index (χ0) is 17.1. The number of halogens is 1. The number of esters is 1. The van der Waals surface area contributed by atoms with E-state index in [0.29, 0.717) is 29.4 Å². The van der Waals surface area contributed by atoms with Crippen LogP contribution in [-0.4, -0.2) is 27.3 Å². The monoisotopic (exact) mass is 341 g/mol. The number of carbonyl (C=O) groups excluding carboxylic acids is 1. The molecule has 122 valence electrons. The standard InChI is InChI=1S/C18H16ClN3O2/c1-3-16-15(18(23)24-4-2)11-22(21-16)10-12-5-6-17-13(7-12)8-14(19)9-20-17/h3,5-9,11H,1,4,10H2,2H3. The molecule has 6 heteroatoms. The number of hydrogen-bond acceptors (Lipinski definition) is 4. The van der Waals surface area contributed by atoms with Gasteiger partial charge in [-0.1, -0.05) is 24.2 Å².